The van der Waals surface area contributed by atoms with Crippen molar-refractivity contribution < 1.29 is 4.79 Å². The molecule has 5 heteroatoms. The van der Waals surface area contributed by atoms with E-state index < -0.39 is 0 Å². The quantitative estimate of drug-likeness (QED) is 0.802. The fourth-order valence-corrected chi connectivity index (χ4v) is 2.17. The van der Waals surface area contributed by atoms with Crippen molar-refractivity contribution in [3.05, 3.63) is 27.6 Å². The lowest BCUT2D eigenvalue weighted by Gasteiger charge is -2.30. The first-order chi connectivity index (χ1) is 7.43. The lowest BCUT2D eigenvalue weighted by Crippen LogP contribution is -2.40. The molecule has 4 nitrogen and oxygen atoms in total. The number of rotatable bonds is 1. The maximum atomic E-state index is 11.6. The molecule has 1 saturated heterocycles. The van der Waals surface area contributed by atoms with Crippen LogP contribution >= 0.6 is 22.6 Å². The maximum absolute atomic E-state index is 11.6. The second-order valence-corrected chi connectivity index (χ2v) is 5.74. The smallest absolute Gasteiger partial charge is 0.318 e. The molecule has 0 radical (unpaired) electrons. The third-order valence-corrected chi connectivity index (χ3v) is 3.83. The molecule has 1 fully saturated rings. The van der Waals surface area contributed by atoms with E-state index in [1.165, 1.54) is 0 Å². The lowest BCUT2D eigenvalue weighted by atomic mass is 9.92. The van der Waals surface area contributed by atoms with Gasteiger partial charge in [-0.05, 0) is 48.6 Å². The maximum Gasteiger partial charge on any atom is 0.318 e. The van der Waals surface area contributed by atoms with Gasteiger partial charge in [0.1, 0.15) is 0 Å². The van der Waals surface area contributed by atoms with E-state index in [-0.39, 0.29) is 17.6 Å². The van der Waals surface area contributed by atoms with Gasteiger partial charge in [-0.2, -0.15) is 0 Å². The molecule has 0 aromatic carbocycles. The predicted molar refractivity (Wildman–Crippen MR) is 70.1 cm³/mol. The zero-order valence-corrected chi connectivity index (χ0v) is 11.6. The Balaban J connectivity index is 2.35. The first-order valence-electron chi connectivity index (χ1n) is 5.08. The zero-order chi connectivity index (χ0) is 11.9. The van der Waals surface area contributed by atoms with Crippen molar-refractivity contribution in [2.24, 2.45) is 0 Å². The van der Waals surface area contributed by atoms with Crippen LogP contribution in [0.5, 0.6) is 0 Å². The fourth-order valence-electron chi connectivity index (χ4n) is 1.85. The molecule has 2 amide bonds. The van der Waals surface area contributed by atoms with Crippen LogP contribution in [0, 0.1) is 3.57 Å². The first-order valence-corrected chi connectivity index (χ1v) is 6.16. The number of halogens is 1. The SMILES string of the molecule is CN1C(=O)NC(c2ccc(I)cn2)C1(C)C. The van der Waals surface area contributed by atoms with Crippen molar-refractivity contribution in [2.75, 3.05) is 7.05 Å². The average Bonchev–Trinajstić information content (AvgIpc) is 2.44. The Hall–Kier alpha value is -0.850. The summed E-state index contributed by atoms with van der Waals surface area (Å²) in [5.74, 6) is 0. The molecular weight excluding hydrogens is 317 g/mol. The fraction of sp³-hybridized carbons (Fsp3) is 0.455. The van der Waals surface area contributed by atoms with Gasteiger partial charge >= 0.3 is 6.03 Å². The van der Waals surface area contributed by atoms with Gasteiger partial charge in [-0.1, -0.05) is 0 Å². The third kappa shape index (κ3) is 1.77. The van der Waals surface area contributed by atoms with Crippen LogP contribution in [0.3, 0.4) is 0 Å². The minimum absolute atomic E-state index is 0.0460. The van der Waals surface area contributed by atoms with Gasteiger partial charge in [-0.15, -0.1) is 0 Å². The molecule has 0 spiro atoms. The number of hydrogen-bond donors (Lipinski definition) is 1. The zero-order valence-electron chi connectivity index (χ0n) is 9.49. The molecule has 1 aliphatic rings. The van der Waals surface area contributed by atoms with Crippen molar-refractivity contribution in [3.63, 3.8) is 0 Å². The molecule has 0 bridgehead atoms. The van der Waals surface area contributed by atoms with Crippen LogP contribution < -0.4 is 5.32 Å². The van der Waals surface area contributed by atoms with Crippen molar-refractivity contribution in [3.8, 4) is 0 Å². The van der Waals surface area contributed by atoms with E-state index in [0.717, 1.165) is 9.26 Å². The van der Waals surface area contributed by atoms with Crippen molar-refractivity contribution in [2.45, 2.75) is 25.4 Å². The number of carbonyl (C=O) groups is 1. The molecule has 2 rings (SSSR count). The highest BCUT2D eigenvalue weighted by Crippen LogP contribution is 2.34. The number of nitrogens with zero attached hydrogens (tertiary/aromatic N) is 2. The van der Waals surface area contributed by atoms with Crippen molar-refractivity contribution in [1.29, 1.82) is 0 Å². The first kappa shape index (κ1) is 11.6. The van der Waals surface area contributed by atoms with Crippen LogP contribution in [0.4, 0.5) is 4.79 Å². The Kier molecular flexibility index (Phi) is 2.81. The minimum atomic E-state index is -0.253. The summed E-state index contributed by atoms with van der Waals surface area (Å²) in [4.78, 5) is 17.7. The van der Waals surface area contributed by atoms with E-state index in [2.05, 4.69) is 32.9 Å². The molecule has 0 saturated carbocycles. The summed E-state index contributed by atoms with van der Waals surface area (Å²) in [6.45, 7) is 4.07. The number of urea groups is 1. The Morgan fingerprint density at radius 1 is 1.50 bits per heavy atom. The molecule has 1 atom stereocenters. The summed E-state index contributed by atoms with van der Waals surface area (Å²) in [5.41, 5.74) is 0.653. The number of amides is 2. The Morgan fingerprint density at radius 3 is 2.62 bits per heavy atom. The predicted octanol–water partition coefficient (Wildman–Crippen LogP) is 2.16. The highest BCUT2D eigenvalue weighted by molar-refractivity contribution is 14.1. The van der Waals surface area contributed by atoms with Gasteiger partial charge in [-0.25, -0.2) is 4.79 Å². The van der Waals surface area contributed by atoms with Gasteiger partial charge in [0.15, 0.2) is 0 Å². The Morgan fingerprint density at radius 2 is 2.19 bits per heavy atom. The molecule has 86 valence electrons. The number of carbonyl (C=O) groups excluding carboxylic acids is 1. The van der Waals surface area contributed by atoms with Gasteiger partial charge in [0, 0.05) is 16.8 Å². The van der Waals surface area contributed by atoms with Crippen molar-refractivity contribution in [1.82, 2.24) is 15.2 Å². The molecule has 0 aliphatic carbocycles. The van der Waals surface area contributed by atoms with E-state index in [4.69, 9.17) is 0 Å². The molecule has 16 heavy (non-hydrogen) atoms. The van der Waals surface area contributed by atoms with Crippen LogP contribution in [0.2, 0.25) is 0 Å². The van der Waals surface area contributed by atoms with Gasteiger partial charge in [0.25, 0.3) is 0 Å². The Labute approximate surface area is 109 Å². The second-order valence-electron chi connectivity index (χ2n) is 4.50. The second kappa shape index (κ2) is 3.87. The molecule has 1 aromatic heterocycles. The van der Waals surface area contributed by atoms with Gasteiger partial charge in [0.05, 0.1) is 17.3 Å². The van der Waals surface area contributed by atoms with Crippen LogP contribution in [-0.4, -0.2) is 28.5 Å². The van der Waals surface area contributed by atoms with Crippen LogP contribution in [0.15, 0.2) is 18.3 Å². The van der Waals surface area contributed by atoms with Crippen LogP contribution in [-0.2, 0) is 0 Å². The average molecular weight is 331 g/mol. The molecule has 1 aliphatic heterocycles. The standard InChI is InChI=1S/C11H14IN3O/c1-11(2)9(14-10(16)15(11)3)8-5-4-7(12)6-13-8/h4-6,9H,1-3H3,(H,14,16). The normalized spacial score (nSPS) is 23.4. The van der Waals surface area contributed by atoms with E-state index in [9.17, 15) is 4.79 Å². The lowest BCUT2D eigenvalue weighted by molar-refractivity contribution is 0.187. The summed E-state index contributed by atoms with van der Waals surface area (Å²) >= 11 is 2.22. The Bertz CT molecular complexity index is 416. The summed E-state index contributed by atoms with van der Waals surface area (Å²) < 4.78 is 1.09. The van der Waals surface area contributed by atoms with Crippen molar-refractivity contribution >= 4 is 28.6 Å². The number of hydrogen-bond acceptors (Lipinski definition) is 2. The minimum Gasteiger partial charge on any atom is -0.327 e. The van der Waals surface area contributed by atoms with Crippen LogP contribution in [0.25, 0.3) is 0 Å². The molecule has 1 N–H and O–H groups in total. The van der Waals surface area contributed by atoms with E-state index in [1.807, 2.05) is 39.2 Å². The number of likely N-dealkylation sites (N-methyl/N-ethyl adjacent to an activating group) is 1. The number of aromatic nitrogens is 1. The summed E-state index contributed by atoms with van der Waals surface area (Å²) in [6.07, 6.45) is 1.82. The number of pyridine rings is 1. The van der Waals surface area contributed by atoms with E-state index in [1.54, 1.807) is 4.90 Å². The van der Waals surface area contributed by atoms with Gasteiger partial charge < -0.3 is 10.2 Å². The topological polar surface area (TPSA) is 45.2 Å². The third-order valence-electron chi connectivity index (χ3n) is 3.19. The van der Waals surface area contributed by atoms with Crippen LogP contribution in [0.1, 0.15) is 25.6 Å². The largest absolute Gasteiger partial charge is 0.327 e. The summed E-state index contributed by atoms with van der Waals surface area (Å²) in [6, 6.07) is 3.87. The highest BCUT2D eigenvalue weighted by Gasteiger charge is 2.45. The molecule has 1 aromatic rings. The molecule has 1 unspecified atom stereocenters. The highest BCUT2D eigenvalue weighted by atomic mass is 127. The van der Waals surface area contributed by atoms with Gasteiger partial charge in [0.2, 0.25) is 0 Å². The summed E-state index contributed by atoms with van der Waals surface area (Å²) in [5, 5.41) is 2.95. The van der Waals surface area contributed by atoms with E-state index >= 15 is 0 Å². The monoisotopic (exact) mass is 331 g/mol. The molecule has 2 heterocycles. The van der Waals surface area contributed by atoms with Gasteiger partial charge in [-0.3, -0.25) is 4.98 Å². The number of nitrogens with one attached hydrogen (secondary N) is 1. The molecular formula is C11H14IN3O. The summed E-state index contributed by atoms with van der Waals surface area (Å²) in [7, 11) is 1.81. The van der Waals surface area contributed by atoms with E-state index in [0.29, 0.717) is 0 Å².